The van der Waals surface area contributed by atoms with E-state index in [1.807, 2.05) is 0 Å². The van der Waals surface area contributed by atoms with Crippen molar-refractivity contribution in [3.05, 3.63) is 0 Å². The molecule has 17 heavy (non-hydrogen) atoms. The fraction of sp³-hybridized carbons (Fsp3) is 1.00. The highest BCUT2D eigenvalue weighted by Gasteiger charge is 2.19. The maximum absolute atomic E-state index is 3.66. The van der Waals surface area contributed by atoms with Crippen molar-refractivity contribution in [2.45, 2.75) is 52.1 Å². The zero-order chi connectivity index (χ0) is 12.7. The third-order valence-corrected chi connectivity index (χ3v) is 3.84. The van der Waals surface area contributed by atoms with E-state index in [0.717, 1.165) is 6.04 Å². The molecule has 102 valence electrons. The molecule has 3 nitrogen and oxygen atoms in total. The lowest BCUT2D eigenvalue weighted by Gasteiger charge is -2.34. The normalized spacial score (nSPS) is 22.6. The molecule has 0 saturated carbocycles. The number of likely N-dealkylation sites (tertiary alicyclic amines) is 1. The van der Waals surface area contributed by atoms with Crippen LogP contribution in [0.1, 0.15) is 40.0 Å². The lowest BCUT2D eigenvalue weighted by atomic mass is 10.1. The quantitative estimate of drug-likeness (QED) is 0.733. The third-order valence-electron chi connectivity index (χ3n) is 3.84. The van der Waals surface area contributed by atoms with Gasteiger partial charge in [0.05, 0.1) is 0 Å². The Balaban J connectivity index is 2.20. The Bertz CT molecular complexity index is 194. The second kappa shape index (κ2) is 8.06. The molecule has 0 aromatic carbocycles. The predicted molar refractivity (Wildman–Crippen MR) is 75.5 cm³/mol. The summed E-state index contributed by atoms with van der Waals surface area (Å²) in [6.45, 7) is 12.9. The fourth-order valence-electron chi connectivity index (χ4n) is 2.33. The first kappa shape index (κ1) is 14.9. The van der Waals surface area contributed by atoms with Crippen LogP contribution in [-0.4, -0.2) is 61.7 Å². The van der Waals surface area contributed by atoms with Crippen LogP contribution in [0.2, 0.25) is 0 Å². The van der Waals surface area contributed by atoms with Crippen LogP contribution in [0, 0.1) is 0 Å². The highest BCUT2D eigenvalue weighted by Crippen LogP contribution is 2.10. The van der Waals surface area contributed by atoms with Crippen LogP contribution >= 0.6 is 0 Å². The van der Waals surface area contributed by atoms with Gasteiger partial charge < -0.3 is 15.1 Å². The Hall–Kier alpha value is -0.120. The number of rotatable bonds is 7. The number of hydrogen-bond donors (Lipinski definition) is 1. The number of nitrogens with one attached hydrogen (secondary N) is 1. The van der Waals surface area contributed by atoms with Crippen molar-refractivity contribution in [1.29, 1.82) is 0 Å². The molecule has 1 heterocycles. The van der Waals surface area contributed by atoms with Gasteiger partial charge in [0, 0.05) is 31.7 Å². The zero-order valence-electron chi connectivity index (χ0n) is 12.2. The van der Waals surface area contributed by atoms with Gasteiger partial charge in [0.25, 0.3) is 0 Å². The van der Waals surface area contributed by atoms with Crippen LogP contribution in [0.4, 0.5) is 0 Å². The molecular weight excluding hydrogens is 210 g/mol. The van der Waals surface area contributed by atoms with Crippen molar-refractivity contribution in [2.75, 3.05) is 39.8 Å². The molecule has 1 rings (SSSR count). The second-order valence-electron chi connectivity index (χ2n) is 5.67. The lowest BCUT2D eigenvalue weighted by molar-refractivity contribution is 0.159. The summed E-state index contributed by atoms with van der Waals surface area (Å²) in [6, 6.07) is 1.39. The van der Waals surface area contributed by atoms with E-state index in [4.69, 9.17) is 0 Å². The van der Waals surface area contributed by atoms with E-state index >= 15 is 0 Å². The Morgan fingerprint density at radius 3 is 2.82 bits per heavy atom. The summed E-state index contributed by atoms with van der Waals surface area (Å²) in [5, 5.41) is 3.66. The largest absolute Gasteiger partial charge is 0.313 e. The number of piperidine rings is 1. The van der Waals surface area contributed by atoms with Crippen molar-refractivity contribution >= 4 is 0 Å². The first-order chi connectivity index (χ1) is 8.13. The van der Waals surface area contributed by atoms with Gasteiger partial charge in [-0.2, -0.15) is 0 Å². The highest BCUT2D eigenvalue weighted by molar-refractivity contribution is 4.78. The van der Waals surface area contributed by atoms with Gasteiger partial charge in [-0.1, -0.05) is 6.92 Å². The van der Waals surface area contributed by atoms with Crippen LogP contribution in [0.15, 0.2) is 0 Å². The number of hydrogen-bond acceptors (Lipinski definition) is 3. The van der Waals surface area contributed by atoms with Gasteiger partial charge in [-0.25, -0.2) is 0 Å². The Morgan fingerprint density at radius 1 is 1.41 bits per heavy atom. The number of likely N-dealkylation sites (N-methyl/N-ethyl adjacent to an activating group) is 1. The SMILES string of the molecule is CCCNC1CCCN(CCN(C)C(C)C)C1. The van der Waals surface area contributed by atoms with Crippen LogP contribution < -0.4 is 5.32 Å². The molecule has 1 fully saturated rings. The monoisotopic (exact) mass is 241 g/mol. The molecule has 0 aromatic rings. The van der Waals surface area contributed by atoms with Crippen molar-refractivity contribution in [1.82, 2.24) is 15.1 Å². The van der Waals surface area contributed by atoms with Crippen molar-refractivity contribution in [3.8, 4) is 0 Å². The minimum atomic E-state index is 0.661. The fourth-order valence-corrected chi connectivity index (χ4v) is 2.33. The van der Waals surface area contributed by atoms with E-state index in [2.05, 4.69) is 42.9 Å². The second-order valence-corrected chi connectivity index (χ2v) is 5.67. The van der Waals surface area contributed by atoms with Crippen molar-refractivity contribution in [3.63, 3.8) is 0 Å². The van der Waals surface area contributed by atoms with Crippen LogP contribution in [0.25, 0.3) is 0 Å². The minimum Gasteiger partial charge on any atom is -0.313 e. The summed E-state index contributed by atoms with van der Waals surface area (Å²) in [7, 11) is 2.22. The predicted octanol–water partition coefficient (Wildman–Crippen LogP) is 1.79. The minimum absolute atomic E-state index is 0.661. The maximum Gasteiger partial charge on any atom is 0.0195 e. The van der Waals surface area contributed by atoms with Crippen LogP contribution in [0.5, 0.6) is 0 Å². The molecular formula is C14H31N3. The topological polar surface area (TPSA) is 18.5 Å². The molecule has 1 aliphatic heterocycles. The van der Waals surface area contributed by atoms with E-state index in [-0.39, 0.29) is 0 Å². The smallest absolute Gasteiger partial charge is 0.0195 e. The van der Waals surface area contributed by atoms with Crippen molar-refractivity contribution in [2.24, 2.45) is 0 Å². The molecule has 1 unspecified atom stereocenters. The van der Waals surface area contributed by atoms with E-state index in [1.165, 1.54) is 52.0 Å². The Labute approximate surface area is 108 Å². The van der Waals surface area contributed by atoms with Gasteiger partial charge in [-0.15, -0.1) is 0 Å². The summed E-state index contributed by atoms with van der Waals surface area (Å²) in [6.07, 6.45) is 3.95. The summed E-state index contributed by atoms with van der Waals surface area (Å²) in [5.74, 6) is 0. The van der Waals surface area contributed by atoms with Crippen molar-refractivity contribution < 1.29 is 0 Å². The molecule has 0 aliphatic carbocycles. The molecule has 0 radical (unpaired) electrons. The van der Waals surface area contributed by atoms with E-state index in [1.54, 1.807) is 0 Å². The Kier molecular flexibility index (Phi) is 7.09. The summed E-state index contributed by atoms with van der Waals surface area (Å²) >= 11 is 0. The molecule has 0 amide bonds. The van der Waals surface area contributed by atoms with E-state index < -0.39 is 0 Å². The van der Waals surface area contributed by atoms with E-state index in [9.17, 15) is 0 Å². The van der Waals surface area contributed by atoms with Gasteiger partial charge in [0.2, 0.25) is 0 Å². The van der Waals surface area contributed by atoms with Gasteiger partial charge in [-0.05, 0) is 53.2 Å². The molecule has 1 N–H and O–H groups in total. The van der Waals surface area contributed by atoms with E-state index in [0.29, 0.717) is 6.04 Å². The summed E-state index contributed by atoms with van der Waals surface area (Å²) in [5.41, 5.74) is 0. The van der Waals surface area contributed by atoms with Gasteiger partial charge >= 0.3 is 0 Å². The molecule has 1 aliphatic rings. The van der Waals surface area contributed by atoms with Gasteiger partial charge in [0.1, 0.15) is 0 Å². The first-order valence-electron chi connectivity index (χ1n) is 7.29. The average Bonchev–Trinajstić information content (AvgIpc) is 2.33. The summed E-state index contributed by atoms with van der Waals surface area (Å²) in [4.78, 5) is 5.05. The zero-order valence-corrected chi connectivity index (χ0v) is 12.2. The third kappa shape index (κ3) is 5.84. The van der Waals surface area contributed by atoms with Gasteiger partial charge in [-0.3, -0.25) is 0 Å². The molecule has 0 spiro atoms. The maximum atomic E-state index is 3.66. The lowest BCUT2D eigenvalue weighted by Crippen LogP contribution is -2.48. The average molecular weight is 241 g/mol. The Morgan fingerprint density at radius 2 is 2.18 bits per heavy atom. The molecule has 1 atom stereocenters. The van der Waals surface area contributed by atoms with Gasteiger partial charge in [0.15, 0.2) is 0 Å². The first-order valence-corrected chi connectivity index (χ1v) is 7.29. The molecule has 0 bridgehead atoms. The molecule has 0 aromatic heterocycles. The highest BCUT2D eigenvalue weighted by atomic mass is 15.2. The van der Waals surface area contributed by atoms with Crippen LogP contribution in [-0.2, 0) is 0 Å². The standard InChI is InChI=1S/C14H31N3/c1-5-8-15-14-7-6-9-17(12-14)11-10-16(4)13(2)3/h13-15H,5-12H2,1-4H3. The number of nitrogens with zero attached hydrogens (tertiary/aromatic N) is 2. The summed E-state index contributed by atoms with van der Waals surface area (Å²) < 4.78 is 0. The molecule has 3 heteroatoms. The van der Waals surface area contributed by atoms with Crippen LogP contribution in [0.3, 0.4) is 0 Å². The molecule has 1 saturated heterocycles.